The summed E-state index contributed by atoms with van der Waals surface area (Å²) in [4.78, 5) is 21.8. The summed E-state index contributed by atoms with van der Waals surface area (Å²) in [6, 6.07) is 0. The van der Waals surface area contributed by atoms with E-state index in [9.17, 15) is 26.3 Å². The lowest BCUT2D eigenvalue weighted by Crippen LogP contribution is -2.28. The van der Waals surface area contributed by atoms with Crippen molar-refractivity contribution < 1.29 is 46.1 Å². The fourth-order valence-electron chi connectivity index (χ4n) is 1.23. The molecule has 5 N–H and O–H groups in total. The zero-order valence-corrected chi connectivity index (χ0v) is 11.6. The van der Waals surface area contributed by atoms with E-state index < -0.39 is 24.3 Å². The van der Waals surface area contributed by atoms with Crippen molar-refractivity contribution in [1.82, 2.24) is 14.9 Å². The van der Waals surface area contributed by atoms with Crippen molar-refractivity contribution in [3.8, 4) is 0 Å². The van der Waals surface area contributed by atoms with Gasteiger partial charge in [-0.05, 0) is 0 Å². The van der Waals surface area contributed by atoms with Gasteiger partial charge in [0.15, 0.2) is 5.95 Å². The molecule has 24 heavy (non-hydrogen) atoms. The molecule has 2 heterocycles. The number of aliphatic carboxylic acids is 2. The minimum Gasteiger partial charge on any atom is -0.475 e. The van der Waals surface area contributed by atoms with E-state index in [4.69, 9.17) is 25.5 Å². The number of imidazole rings is 1. The van der Waals surface area contributed by atoms with E-state index in [1.165, 1.54) is 5.69 Å². The molecule has 0 aromatic carbocycles. The number of hydrogen-bond acceptors (Lipinski definition) is 5. The fraction of sp³-hybridized carbons (Fsp3) is 0.500. The van der Waals surface area contributed by atoms with Crippen LogP contribution in [0.4, 0.5) is 32.3 Å². The maximum absolute atomic E-state index is 10.6. The summed E-state index contributed by atoms with van der Waals surface area (Å²) in [5.74, 6) is -4.88. The highest BCUT2D eigenvalue weighted by atomic mass is 19.4. The summed E-state index contributed by atoms with van der Waals surface area (Å²) in [6.07, 6.45) is -8.35. The van der Waals surface area contributed by atoms with Crippen LogP contribution in [-0.2, 0) is 22.7 Å². The van der Waals surface area contributed by atoms with Crippen molar-refractivity contribution in [2.24, 2.45) is 0 Å². The van der Waals surface area contributed by atoms with Crippen molar-refractivity contribution >= 4 is 17.9 Å². The van der Waals surface area contributed by atoms with Gasteiger partial charge in [0, 0.05) is 19.6 Å². The Morgan fingerprint density at radius 2 is 1.54 bits per heavy atom. The highest BCUT2D eigenvalue weighted by molar-refractivity contribution is 5.73. The third-order valence-electron chi connectivity index (χ3n) is 2.27. The third-order valence-corrected chi connectivity index (χ3v) is 2.27. The summed E-state index contributed by atoms with van der Waals surface area (Å²) >= 11 is 0. The molecule has 1 aromatic rings. The summed E-state index contributed by atoms with van der Waals surface area (Å²) in [5, 5.41) is 17.5. The molecule has 138 valence electrons. The second-order valence-electron chi connectivity index (χ2n) is 4.04. The van der Waals surface area contributed by atoms with Crippen LogP contribution in [0.15, 0.2) is 6.20 Å². The van der Waals surface area contributed by atoms with E-state index in [-0.39, 0.29) is 0 Å². The normalized spacial score (nSPS) is 13.6. The van der Waals surface area contributed by atoms with E-state index in [2.05, 4.69) is 10.3 Å². The maximum atomic E-state index is 10.6. The Labute approximate surface area is 129 Å². The van der Waals surface area contributed by atoms with E-state index in [0.29, 0.717) is 5.95 Å². The van der Waals surface area contributed by atoms with Gasteiger partial charge in [-0.15, -0.1) is 0 Å². The highest BCUT2D eigenvalue weighted by Gasteiger charge is 2.38. The molecule has 0 amide bonds. The number of rotatable bonds is 0. The van der Waals surface area contributed by atoms with Crippen LogP contribution in [0.2, 0.25) is 0 Å². The Bertz CT molecular complexity index is 545. The lowest BCUT2D eigenvalue weighted by atomic mass is 10.4. The van der Waals surface area contributed by atoms with Gasteiger partial charge in [-0.25, -0.2) is 14.6 Å². The number of fused-ring (bicyclic) bond motifs is 1. The van der Waals surface area contributed by atoms with Gasteiger partial charge in [0.2, 0.25) is 0 Å². The standard InChI is InChI=1S/C6H10N4.2C2HF3O2/c7-6-9-4-5-3-8-1-2-10(5)6;2*3-2(4,5)1(6)7/h4,8H,1-3H2,(H2,7,9);2*(H,6,7). The molecule has 2 rings (SSSR count). The van der Waals surface area contributed by atoms with Gasteiger partial charge in [0.05, 0.1) is 11.9 Å². The van der Waals surface area contributed by atoms with E-state index in [0.717, 1.165) is 19.6 Å². The van der Waals surface area contributed by atoms with Gasteiger partial charge in [-0.1, -0.05) is 0 Å². The molecule has 1 aliphatic heterocycles. The third kappa shape index (κ3) is 7.66. The lowest BCUT2D eigenvalue weighted by Gasteiger charge is -2.15. The minimum absolute atomic E-state index is 0.636. The molecule has 0 radical (unpaired) electrons. The number of nitrogens with one attached hydrogen (secondary N) is 1. The van der Waals surface area contributed by atoms with Crippen LogP contribution < -0.4 is 11.1 Å². The molecule has 0 saturated carbocycles. The average Bonchev–Trinajstić information content (AvgIpc) is 2.80. The lowest BCUT2D eigenvalue weighted by molar-refractivity contribution is -0.193. The maximum Gasteiger partial charge on any atom is 0.490 e. The first kappa shape index (κ1) is 21.5. The molecule has 0 fully saturated rings. The SMILES string of the molecule is Nc1ncc2n1CCNC2.O=C(O)C(F)(F)F.O=C(O)C(F)(F)F. The predicted molar refractivity (Wildman–Crippen MR) is 65.7 cm³/mol. The number of carboxylic acids is 2. The van der Waals surface area contributed by atoms with Crippen molar-refractivity contribution in [3.63, 3.8) is 0 Å². The molecule has 0 aliphatic carbocycles. The topological polar surface area (TPSA) is 130 Å². The molecule has 0 atom stereocenters. The van der Waals surface area contributed by atoms with Crippen LogP contribution in [0.25, 0.3) is 0 Å². The molecule has 0 saturated heterocycles. The van der Waals surface area contributed by atoms with Gasteiger partial charge in [-0.2, -0.15) is 26.3 Å². The van der Waals surface area contributed by atoms with Crippen LogP contribution in [-0.4, -0.2) is 50.6 Å². The first-order chi connectivity index (χ1) is 10.8. The zero-order valence-electron chi connectivity index (χ0n) is 11.6. The Morgan fingerprint density at radius 3 is 1.88 bits per heavy atom. The van der Waals surface area contributed by atoms with Gasteiger partial charge < -0.3 is 25.8 Å². The number of nitrogen functional groups attached to an aromatic ring is 1. The Kier molecular flexibility index (Phi) is 7.50. The van der Waals surface area contributed by atoms with Gasteiger partial charge >= 0.3 is 24.3 Å². The molecular weight excluding hydrogens is 354 g/mol. The number of carbonyl (C=O) groups is 2. The highest BCUT2D eigenvalue weighted by Crippen LogP contribution is 2.13. The average molecular weight is 366 g/mol. The monoisotopic (exact) mass is 366 g/mol. The largest absolute Gasteiger partial charge is 0.490 e. The predicted octanol–water partition coefficient (Wildman–Crippen LogP) is 0.835. The second-order valence-corrected chi connectivity index (χ2v) is 4.04. The summed E-state index contributed by atoms with van der Waals surface area (Å²) in [7, 11) is 0. The molecule has 0 unspecified atom stereocenters. The Balaban J connectivity index is 0.000000343. The Hall–Kier alpha value is -2.51. The van der Waals surface area contributed by atoms with Crippen LogP contribution in [0, 0.1) is 0 Å². The molecule has 0 bridgehead atoms. The Morgan fingerprint density at radius 1 is 1.12 bits per heavy atom. The zero-order chi connectivity index (χ0) is 19.1. The van der Waals surface area contributed by atoms with Crippen molar-refractivity contribution in [2.45, 2.75) is 25.4 Å². The number of carboxylic acid groups (broad SMARTS) is 2. The van der Waals surface area contributed by atoms with Crippen LogP contribution in [0.3, 0.4) is 0 Å². The molecule has 0 spiro atoms. The first-order valence-electron chi connectivity index (χ1n) is 5.87. The van der Waals surface area contributed by atoms with Gasteiger partial charge in [-0.3, -0.25) is 0 Å². The molecule has 8 nitrogen and oxygen atoms in total. The number of hydrogen-bond donors (Lipinski definition) is 4. The summed E-state index contributed by atoms with van der Waals surface area (Å²) in [6.45, 7) is 2.83. The van der Waals surface area contributed by atoms with Gasteiger partial charge in [0.25, 0.3) is 0 Å². The molecule has 1 aromatic heterocycles. The number of nitrogens with two attached hydrogens (primary N) is 1. The van der Waals surface area contributed by atoms with Crippen LogP contribution in [0.1, 0.15) is 5.69 Å². The van der Waals surface area contributed by atoms with Crippen molar-refractivity contribution in [3.05, 3.63) is 11.9 Å². The fourth-order valence-corrected chi connectivity index (χ4v) is 1.23. The number of alkyl halides is 6. The number of halogens is 6. The molecular formula is C10H12F6N4O4. The summed E-state index contributed by atoms with van der Waals surface area (Å²) < 4.78 is 65.5. The van der Waals surface area contributed by atoms with E-state index >= 15 is 0 Å². The van der Waals surface area contributed by atoms with Crippen LogP contribution >= 0.6 is 0 Å². The van der Waals surface area contributed by atoms with Crippen molar-refractivity contribution in [2.75, 3.05) is 12.3 Å². The second kappa shape index (κ2) is 8.37. The van der Waals surface area contributed by atoms with Gasteiger partial charge in [0.1, 0.15) is 0 Å². The van der Waals surface area contributed by atoms with E-state index in [1.54, 1.807) is 0 Å². The smallest absolute Gasteiger partial charge is 0.475 e. The molecule has 14 heteroatoms. The van der Waals surface area contributed by atoms with Crippen LogP contribution in [0.5, 0.6) is 0 Å². The molecule has 1 aliphatic rings. The quantitative estimate of drug-likeness (QED) is 0.501. The number of anilines is 1. The minimum atomic E-state index is -5.08. The number of aromatic nitrogens is 2. The van der Waals surface area contributed by atoms with Crippen molar-refractivity contribution in [1.29, 1.82) is 0 Å². The summed E-state index contributed by atoms with van der Waals surface area (Å²) in [5.41, 5.74) is 6.77. The van der Waals surface area contributed by atoms with E-state index in [1.807, 2.05) is 10.8 Å². The first-order valence-corrected chi connectivity index (χ1v) is 5.87. The number of nitrogens with zero attached hydrogens (tertiary/aromatic N) is 2.